The second kappa shape index (κ2) is 15.7. The van der Waals surface area contributed by atoms with Crippen LogP contribution < -0.4 is 33.2 Å². The van der Waals surface area contributed by atoms with Crippen molar-refractivity contribution in [2.75, 3.05) is 6.54 Å². The Labute approximate surface area is 232 Å². The van der Waals surface area contributed by atoms with Crippen molar-refractivity contribution < 1.29 is 29.4 Å². The fourth-order valence-electron chi connectivity index (χ4n) is 3.72. The van der Waals surface area contributed by atoms with E-state index in [1.54, 1.807) is 24.3 Å². The molecule has 0 aliphatic carbocycles. The van der Waals surface area contributed by atoms with Gasteiger partial charge in [-0.3, -0.25) is 19.4 Å². The Kier molecular flexibility index (Phi) is 12.4. The van der Waals surface area contributed by atoms with E-state index in [-0.39, 0.29) is 30.3 Å². The summed E-state index contributed by atoms with van der Waals surface area (Å²) in [5.41, 5.74) is 18.0. The number of carbonyl (C=O) groups is 4. The molecule has 13 heteroatoms. The summed E-state index contributed by atoms with van der Waals surface area (Å²) < 4.78 is 0. The van der Waals surface area contributed by atoms with Crippen molar-refractivity contribution in [2.24, 2.45) is 22.2 Å². The molecule has 216 valence electrons. The summed E-state index contributed by atoms with van der Waals surface area (Å²) in [5, 5.41) is 26.8. The van der Waals surface area contributed by atoms with Gasteiger partial charge in [-0.25, -0.2) is 0 Å². The zero-order valence-corrected chi connectivity index (χ0v) is 22.2. The lowest BCUT2D eigenvalue weighted by molar-refractivity contribution is -0.132. The van der Waals surface area contributed by atoms with Crippen LogP contribution in [0.25, 0.3) is 0 Å². The number of nitrogens with two attached hydrogens (primary N) is 3. The van der Waals surface area contributed by atoms with Crippen LogP contribution in [0.3, 0.4) is 0 Å². The molecule has 0 bridgehead atoms. The fraction of sp³-hybridized carbons (Fsp3) is 0.370. The molecule has 0 spiro atoms. The van der Waals surface area contributed by atoms with Crippen LogP contribution in [0.1, 0.15) is 30.9 Å². The van der Waals surface area contributed by atoms with Gasteiger partial charge in [0.1, 0.15) is 29.9 Å². The Balaban J connectivity index is 2.05. The summed E-state index contributed by atoms with van der Waals surface area (Å²) in [6, 6.07) is 8.41. The molecule has 2 rings (SSSR count). The molecule has 0 saturated heterocycles. The van der Waals surface area contributed by atoms with Crippen molar-refractivity contribution in [1.82, 2.24) is 16.0 Å². The van der Waals surface area contributed by atoms with Crippen LogP contribution in [0.15, 0.2) is 53.5 Å². The van der Waals surface area contributed by atoms with E-state index in [0.29, 0.717) is 36.8 Å². The van der Waals surface area contributed by atoms with Crippen LogP contribution in [0.4, 0.5) is 0 Å². The Morgan fingerprint density at radius 2 is 1.40 bits per heavy atom. The number of hydrogen-bond acceptors (Lipinski definition) is 8. The largest absolute Gasteiger partial charge is 0.508 e. The molecular weight excluding hydrogens is 518 g/mol. The highest BCUT2D eigenvalue weighted by molar-refractivity contribution is 5.93. The van der Waals surface area contributed by atoms with Gasteiger partial charge in [0.15, 0.2) is 5.96 Å². The lowest BCUT2D eigenvalue weighted by Gasteiger charge is -2.23. The second-order valence-corrected chi connectivity index (χ2v) is 9.34. The number of hydrogen-bond donors (Lipinski definition) is 8. The highest BCUT2D eigenvalue weighted by Gasteiger charge is 2.27. The highest BCUT2D eigenvalue weighted by atomic mass is 16.3. The maximum atomic E-state index is 13.2. The average molecular weight is 556 g/mol. The number of guanidine groups is 1. The number of aromatic hydroxyl groups is 2. The van der Waals surface area contributed by atoms with Gasteiger partial charge in [-0.1, -0.05) is 24.3 Å². The second-order valence-electron chi connectivity index (χ2n) is 9.34. The third kappa shape index (κ3) is 11.0. The topological polar surface area (TPSA) is 235 Å². The predicted molar refractivity (Wildman–Crippen MR) is 149 cm³/mol. The molecule has 0 radical (unpaired) electrons. The molecule has 0 saturated carbocycles. The molecule has 0 fully saturated rings. The molecule has 4 atom stereocenters. The molecule has 13 nitrogen and oxygen atoms in total. The van der Waals surface area contributed by atoms with Gasteiger partial charge in [0.05, 0.1) is 12.1 Å². The van der Waals surface area contributed by atoms with E-state index in [4.69, 9.17) is 17.2 Å². The normalized spacial score (nSPS) is 13.7. The lowest BCUT2D eigenvalue weighted by Crippen LogP contribution is -2.56. The number of nitrogens with one attached hydrogen (secondary N) is 3. The van der Waals surface area contributed by atoms with Crippen molar-refractivity contribution in [1.29, 1.82) is 0 Å². The first-order valence-electron chi connectivity index (χ1n) is 12.7. The molecule has 0 unspecified atom stereocenters. The molecule has 40 heavy (non-hydrogen) atoms. The van der Waals surface area contributed by atoms with E-state index in [9.17, 15) is 29.4 Å². The highest BCUT2D eigenvalue weighted by Crippen LogP contribution is 2.13. The molecule has 2 aromatic carbocycles. The third-order valence-electron chi connectivity index (χ3n) is 5.95. The molecule has 3 amide bonds. The number of carbonyl (C=O) groups excluding carboxylic acids is 4. The van der Waals surface area contributed by atoms with Gasteiger partial charge in [0.2, 0.25) is 17.7 Å². The first-order valence-corrected chi connectivity index (χ1v) is 12.7. The fourth-order valence-corrected chi connectivity index (χ4v) is 3.72. The van der Waals surface area contributed by atoms with Crippen LogP contribution in [0.2, 0.25) is 0 Å². The van der Waals surface area contributed by atoms with Crippen LogP contribution in [-0.4, -0.2) is 70.9 Å². The number of aliphatic imine (C=N–C) groups is 1. The molecule has 11 N–H and O–H groups in total. The number of phenolic OH excluding ortho intramolecular Hbond substituents is 2. The van der Waals surface area contributed by atoms with Gasteiger partial charge in [-0.05, 0) is 61.6 Å². The van der Waals surface area contributed by atoms with Gasteiger partial charge >= 0.3 is 0 Å². The molecule has 2 aromatic rings. The summed E-state index contributed by atoms with van der Waals surface area (Å²) in [6.45, 7) is 1.74. The number of benzene rings is 2. The Morgan fingerprint density at radius 1 is 0.850 bits per heavy atom. The van der Waals surface area contributed by atoms with Crippen molar-refractivity contribution in [2.45, 2.75) is 56.8 Å². The third-order valence-corrected chi connectivity index (χ3v) is 5.95. The number of aldehydes is 1. The maximum Gasteiger partial charge on any atom is 0.243 e. The van der Waals surface area contributed by atoms with Gasteiger partial charge in [-0.2, -0.15) is 0 Å². The van der Waals surface area contributed by atoms with Gasteiger partial charge in [0, 0.05) is 13.0 Å². The van der Waals surface area contributed by atoms with Crippen LogP contribution in [-0.2, 0) is 32.0 Å². The van der Waals surface area contributed by atoms with E-state index < -0.39 is 41.9 Å². The Hall–Kier alpha value is -4.65. The Morgan fingerprint density at radius 3 is 1.93 bits per heavy atom. The number of nitrogens with zero attached hydrogens (tertiary/aromatic N) is 1. The summed E-state index contributed by atoms with van der Waals surface area (Å²) in [7, 11) is 0. The van der Waals surface area contributed by atoms with Crippen molar-refractivity contribution >= 4 is 30.0 Å². The SMILES string of the molecule is C[C@@H](NC(=O)[C@H](Cc1ccc(O)cc1)NC(=O)[C@@H](N)Cc1ccc(O)cc1)C(=O)N[C@@H](C=O)CCCN=C(N)N. The average Bonchev–Trinajstić information content (AvgIpc) is 2.91. The minimum atomic E-state index is -1.10. The number of amides is 3. The first kappa shape index (κ1) is 31.6. The standard InChI is InChI=1S/C27H37N7O6/c1-16(24(38)33-19(15-35)3-2-12-31-27(29)30)32-26(40)23(14-18-6-10-21(37)11-7-18)34-25(39)22(28)13-17-4-8-20(36)9-5-17/h4-11,15-16,19,22-23,36-37H,2-3,12-14,28H2,1H3,(H,32,40)(H,33,38)(H,34,39)(H4,29,30,31)/t16-,19-,22+,23+/m1/s1. The zero-order valence-electron chi connectivity index (χ0n) is 22.2. The van der Waals surface area contributed by atoms with Crippen molar-refractivity contribution in [3.63, 3.8) is 0 Å². The number of phenols is 2. The summed E-state index contributed by atoms with van der Waals surface area (Å²) in [5.74, 6) is -1.78. The monoisotopic (exact) mass is 555 g/mol. The summed E-state index contributed by atoms with van der Waals surface area (Å²) in [4.78, 5) is 54.0. The van der Waals surface area contributed by atoms with E-state index >= 15 is 0 Å². The Bertz CT molecular complexity index is 1170. The van der Waals surface area contributed by atoms with Gasteiger partial charge in [-0.15, -0.1) is 0 Å². The van der Waals surface area contributed by atoms with Gasteiger partial charge in [0.25, 0.3) is 0 Å². The van der Waals surface area contributed by atoms with E-state index in [0.717, 1.165) is 0 Å². The van der Waals surface area contributed by atoms with E-state index in [1.165, 1.54) is 31.2 Å². The van der Waals surface area contributed by atoms with Gasteiger partial charge < -0.3 is 48.2 Å². The maximum absolute atomic E-state index is 13.2. The van der Waals surface area contributed by atoms with E-state index in [1.807, 2.05) is 0 Å². The first-order chi connectivity index (χ1) is 19.0. The van der Waals surface area contributed by atoms with E-state index in [2.05, 4.69) is 20.9 Å². The number of rotatable bonds is 15. The molecule has 0 aliphatic heterocycles. The molecule has 0 aromatic heterocycles. The van der Waals surface area contributed by atoms with Crippen molar-refractivity contribution in [3.8, 4) is 11.5 Å². The van der Waals surface area contributed by atoms with Crippen LogP contribution in [0, 0.1) is 0 Å². The quantitative estimate of drug-likeness (QED) is 0.0577. The van der Waals surface area contributed by atoms with Crippen molar-refractivity contribution in [3.05, 3.63) is 59.7 Å². The molecule has 0 aliphatic rings. The molecular formula is C27H37N7O6. The summed E-state index contributed by atoms with van der Waals surface area (Å²) >= 11 is 0. The van der Waals surface area contributed by atoms with Crippen LogP contribution >= 0.6 is 0 Å². The smallest absolute Gasteiger partial charge is 0.243 e. The molecule has 0 heterocycles. The lowest BCUT2D eigenvalue weighted by atomic mass is 10.0. The van der Waals surface area contributed by atoms with Crippen LogP contribution in [0.5, 0.6) is 11.5 Å². The predicted octanol–water partition coefficient (Wildman–Crippen LogP) is -1.06. The zero-order chi connectivity index (χ0) is 29.7. The summed E-state index contributed by atoms with van der Waals surface area (Å²) in [6.07, 6.45) is 1.55. The minimum absolute atomic E-state index is 0.0398. The minimum Gasteiger partial charge on any atom is -0.508 e.